The van der Waals surface area contributed by atoms with E-state index in [-0.39, 0.29) is 0 Å². The van der Waals surface area contributed by atoms with Crippen LogP contribution >= 0.6 is 0 Å². The summed E-state index contributed by atoms with van der Waals surface area (Å²) in [4.78, 5) is 0. The largest absolute Gasteiger partial charge is 0.399 e. The second kappa shape index (κ2) is 4.56. The zero-order valence-electron chi connectivity index (χ0n) is 10.8. The topological polar surface area (TPSA) is 63.4 Å². The number of hydrogen-bond acceptors (Lipinski definition) is 3. The summed E-state index contributed by atoms with van der Waals surface area (Å²) in [5.41, 5.74) is 6.87. The summed E-state index contributed by atoms with van der Waals surface area (Å²) in [6, 6.07) is 6.86. The Balaban J connectivity index is 3.22. The van der Waals surface area contributed by atoms with E-state index in [2.05, 4.69) is 0 Å². The lowest BCUT2D eigenvalue weighted by molar-refractivity contribution is 0.556. The molecular weight excluding hydrogens is 236 g/mol. The van der Waals surface area contributed by atoms with Crippen molar-refractivity contribution in [3.63, 3.8) is 0 Å². The fourth-order valence-corrected chi connectivity index (χ4v) is 2.86. The molecule has 0 atom stereocenters. The van der Waals surface area contributed by atoms with Crippen molar-refractivity contribution in [2.24, 2.45) is 0 Å². The van der Waals surface area contributed by atoms with Crippen LogP contribution in [0.15, 0.2) is 24.3 Å². The van der Waals surface area contributed by atoms with Gasteiger partial charge in [-0.2, -0.15) is 0 Å². The van der Waals surface area contributed by atoms with Gasteiger partial charge in [0.1, 0.15) is 0 Å². The number of nitrogens with zero attached hydrogens (tertiary/aromatic N) is 1. The minimum atomic E-state index is -3.36. The van der Waals surface area contributed by atoms with Gasteiger partial charge in [-0.3, -0.25) is 4.31 Å². The number of benzene rings is 1. The summed E-state index contributed by atoms with van der Waals surface area (Å²) in [7, 11) is -3.36. The van der Waals surface area contributed by atoms with Gasteiger partial charge in [0.25, 0.3) is 0 Å². The fourth-order valence-electron chi connectivity index (χ4n) is 1.46. The lowest BCUT2D eigenvalue weighted by Crippen LogP contribution is -2.43. The van der Waals surface area contributed by atoms with Crippen molar-refractivity contribution >= 4 is 21.4 Å². The van der Waals surface area contributed by atoms with E-state index in [1.807, 2.05) is 6.92 Å². The molecule has 0 spiro atoms. The van der Waals surface area contributed by atoms with Gasteiger partial charge >= 0.3 is 0 Å². The third kappa shape index (κ3) is 2.72. The quantitative estimate of drug-likeness (QED) is 0.843. The average molecular weight is 256 g/mol. The zero-order chi connectivity index (χ0) is 13.3. The molecule has 2 N–H and O–H groups in total. The molecule has 0 bridgehead atoms. The number of hydrogen-bond donors (Lipinski definition) is 1. The summed E-state index contributed by atoms with van der Waals surface area (Å²) < 4.78 is 25.3. The maximum atomic E-state index is 12.4. The lowest BCUT2D eigenvalue weighted by Gasteiger charge is -2.30. The summed E-state index contributed by atoms with van der Waals surface area (Å²) in [6.45, 7) is 7.32. The molecule has 0 radical (unpaired) electrons. The van der Waals surface area contributed by atoms with E-state index in [9.17, 15) is 8.42 Å². The molecule has 0 fully saturated rings. The van der Waals surface area contributed by atoms with E-state index >= 15 is 0 Å². The molecule has 0 aliphatic heterocycles. The number of nitrogen functional groups attached to an aromatic ring is 1. The van der Waals surface area contributed by atoms with E-state index in [0.29, 0.717) is 17.9 Å². The minimum Gasteiger partial charge on any atom is -0.399 e. The van der Waals surface area contributed by atoms with Crippen LogP contribution in [0.1, 0.15) is 27.7 Å². The lowest BCUT2D eigenvalue weighted by atomic mass is 10.3. The molecule has 0 saturated heterocycles. The van der Waals surface area contributed by atoms with Gasteiger partial charge in [0.05, 0.1) is 10.4 Å². The highest BCUT2D eigenvalue weighted by molar-refractivity contribution is 7.94. The minimum absolute atomic E-state index is 0.406. The Morgan fingerprint density at radius 1 is 1.18 bits per heavy atom. The van der Waals surface area contributed by atoms with Crippen LogP contribution < -0.4 is 10.0 Å². The van der Waals surface area contributed by atoms with Crippen molar-refractivity contribution in [1.29, 1.82) is 0 Å². The molecule has 0 aliphatic rings. The van der Waals surface area contributed by atoms with Crippen LogP contribution in [0.4, 0.5) is 11.4 Å². The molecule has 1 aromatic rings. The van der Waals surface area contributed by atoms with Crippen molar-refractivity contribution in [3.05, 3.63) is 24.3 Å². The van der Waals surface area contributed by atoms with E-state index in [1.165, 1.54) is 4.31 Å². The summed E-state index contributed by atoms with van der Waals surface area (Å²) in [5.74, 6) is 0. The number of sulfonamides is 1. The summed E-state index contributed by atoms with van der Waals surface area (Å²) in [6.07, 6.45) is 0. The average Bonchev–Trinajstić information content (AvgIpc) is 2.20. The Morgan fingerprint density at radius 3 is 2.00 bits per heavy atom. The molecular formula is C12H20N2O2S. The molecule has 96 valence electrons. The van der Waals surface area contributed by atoms with Crippen LogP contribution in [-0.4, -0.2) is 19.7 Å². The van der Waals surface area contributed by atoms with E-state index in [0.717, 1.165) is 0 Å². The first-order valence-electron chi connectivity index (χ1n) is 5.58. The number of rotatable bonds is 3. The maximum Gasteiger partial charge on any atom is 0.240 e. The first-order valence-corrected chi connectivity index (χ1v) is 7.02. The monoisotopic (exact) mass is 256 g/mol. The maximum absolute atomic E-state index is 12.4. The van der Waals surface area contributed by atoms with Crippen LogP contribution in [0.5, 0.6) is 0 Å². The molecule has 1 rings (SSSR count). The first-order chi connectivity index (χ1) is 7.70. The second-order valence-electron chi connectivity index (χ2n) is 4.87. The Hall–Kier alpha value is -1.23. The molecule has 0 amide bonds. The molecule has 0 aromatic heterocycles. The van der Waals surface area contributed by atoms with Crippen LogP contribution in [0.3, 0.4) is 0 Å². The normalized spacial score (nSPS) is 12.5. The van der Waals surface area contributed by atoms with Gasteiger partial charge < -0.3 is 5.73 Å². The van der Waals surface area contributed by atoms with Gasteiger partial charge in [-0.1, -0.05) is 0 Å². The van der Waals surface area contributed by atoms with Gasteiger partial charge in [0.2, 0.25) is 10.0 Å². The van der Waals surface area contributed by atoms with E-state index in [1.54, 1.807) is 45.0 Å². The molecule has 0 aliphatic carbocycles. The van der Waals surface area contributed by atoms with Gasteiger partial charge in [-0.25, -0.2) is 8.42 Å². The van der Waals surface area contributed by atoms with Crippen molar-refractivity contribution in [3.8, 4) is 0 Å². The first kappa shape index (κ1) is 13.8. The number of anilines is 2. The molecule has 4 nitrogen and oxygen atoms in total. The van der Waals surface area contributed by atoms with Crippen LogP contribution in [0.2, 0.25) is 0 Å². The molecule has 17 heavy (non-hydrogen) atoms. The van der Waals surface area contributed by atoms with Gasteiger partial charge in [0, 0.05) is 12.2 Å². The van der Waals surface area contributed by atoms with Crippen LogP contribution in [0.25, 0.3) is 0 Å². The van der Waals surface area contributed by atoms with Crippen LogP contribution in [-0.2, 0) is 10.0 Å². The van der Waals surface area contributed by atoms with Crippen molar-refractivity contribution < 1.29 is 8.42 Å². The zero-order valence-corrected chi connectivity index (χ0v) is 11.6. The number of nitrogens with two attached hydrogens (primary N) is 1. The van der Waals surface area contributed by atoms with Crippen molar-refractivity contribution in [2.75, 3.05) is 16.6 Å². The smallest absolute Gasteiger partial charge is 0.240 e. The predicted octanol–water partition coefficient (Wildman–Crippen LogP) is 2.22. The van der Waals surface area contributed by atoms with Gasteiger partial charge in [0.15, 0.2) is 0 Å². The summed E-state index contributed by atoms with van der Waals surface area (Å²) in [5, 5.41) is 0. The third-order valence-corrected chi connectivity index (χ3v) is 5.13. The molecule has 1 aromatic carbocycles. The fraction of sp³-hybridized carbons (Fsp3) is 0.500. The third-order valence-electron chi connectivity index (χ3n) is 2.53. The SMILES string of the molecule is CCN(c1ccc(N)cc1)S(=O)(=O)C(C)(C)C. The molecule has 0 heterocycles. The highest BCUT2D eigenvalue weighted by atomic mass is 32.2. The predicted molar refractivity (Wildman–Crippen MR) is 72.5 cm³/mol. The van der Waals surface area contributed by atoms with E-state index in [4.69, 9.17) is 5.73 Å². The standard InChI is InChI=1S/C12H20N2O2S/c1-5-14(17(15,16)12(2,3)4)11-8-6-10(13)7-9-11/h6-9H,5,13H2,1-4H3. The Labute approximate surface area is 103 Å². The highest BCUT2D eigenvalue weighted by Crippen LogP contribution is 2.26. The Bertz CT molecular complexity index is 472. The van der Waals surface area contributed by atoms with E-state index < -0.39 is 14.8 Å². The second-order valence-corrected chi connectivity index (χ2v) is 7.49. The Kier molecular flexibility index (Phi) is 3.71. The Morgan fingerprint density at radius 2 is 1.65 bits per heavy atom. The summed E-state index contributed by atoms with van der Waals surface area (Å²) >= 11 is 0. The molecule has 0 saturated carbocycles. The van der Waals surface area contributed by atoms with Crippen LogP contribution in [0, 0.1) is 0 Å². The van der Waals surface area contributed by atoms with Gasteiger partial charge in [-0.05, 0) is 52.0 Å². The molecule has 0 unspecified atom stereocenters. The van der Waals surface area contributed by atoms with Crippen molar-refractivity contribution in [2.45, 2.75) is 32.4 Å². The highest BCUT2D eigenvalue weighted by Gasteiger charge is 2.34. The molecule has 5 heteroatoms. The van der Waals surface area contributed by atoms with Gasteiger partial charge in [-0.15, -0.1) is 0 Å². The van der Waals surface area contributed by atoms with Crippen molar-refractivity contribution in [1.82, 2.24) is 0 Å².